The zero-order valence-corrected chi connectivity index (χ0v) is 34.9. The molecule has 1 aromatic rings. The van der Waals surface area contributed by atoms with Gasteiger partial charge < -0.3 is 46.2 Å². The number of likely N-dealkylation sites (tertiary alicyclic amines) is 1. The summed E-state index contributed by atoms with van der Waals surface area (Å²) in [7, 11) is 4.98. The number of methoxy groups -OCH3 is 2. The molecule has 0 aliphatic carbocycles. The molecule has 6 N–H and O–H groups in total. The first-order valence-electron chi connectivity index (χ1n) is 18.7. The molecule has 1 heterocycles. The minimum Gasteiger partial charge on any atom is -0.444 e. The lowest BCUT2D eigenvalue weighted by Crippen LogP contribution is -2.51. The van der Waals surface area contributed by atoms with Crippen LogP contribution in [0, 0.1) is 18.8 Å². The van der Waals surface area contributed by atoms with Crippen molar-refractivity contribution in [3.8, 4) is 0 Å². The molecule has 0 spiro atoms. The molecule has 6 unspecified atom stereocenters. The van der Waals surface area contributed by atoms with Gasteiger partial charge in [-0.15, -0.1) is 0 Å². The van der Waals surface area contributed by atoms with Crippen LogP contribution in [-0.4, -0.2) is 111 Å². The minimum absolute atomic E-state index is 0.0251. The van der Waals surface area contributed by atoms with E-state index in [1.807, 2.05) is 25.1 Å². The Bertz CT molecular complexity index is 1180. The molecule has 0 radical (unpaired) electrons. The van der Waals surface area contributed by atoms with Crippen LogP contribution in [0.5, 0.6) is 0 Å². The van der Waals surface area contributed by atoms with E-state index in [1.165, 1.54) is 12.0 Å². The SMILES string of the molecule is CCC.CCC(C)C(C(CC)OC)N(C)C(=O)CNC(=O)OC(C)(C)C.COC(C(C)C(=O)NC/C(N)=N/N)C1CCCN1C=O.Cc1ccccc1. The minimum atomic E-state index is -0.585. The third kappa shape index (κ3) is 21.4. The molecule has 53 heavy (non-hydrogen) atoms. The molecule has 1 aromatic carbocycles. The molecule has 1 fully saturated rings. The number of ether oxygens (including phenoxy) is 3. The number of amides is 4. The molecule has 1 aliphatic heterocycles. The van der Waals surface area contributed by atoms with Gasteiger partial charge in [0.05, 0.1) is 36.8 Å². The second-order valence-corrected chi connectivity index (χ2v) is 14.2. The van der Waals surface area contributed by atoms with Crippen molar-refractivity contribution in [2.24, 2.45) is 28.5 Å². The number of carbonyl (C=O) groups is 4. The molecule has 1 aliphatic rings. The Morgan fingerprint density at radius 1 is 1.02 bits per heavy atom. The smallest absolute Gasteiger partial charge is 0.408 e. The van der Waals surface area contributed by atoms with Gasteiger partial charge in [-0.2, -0.15) is 5.10 Å². The number of aryl methyl sites for hydroxylation is 1. The van der Waals surface area contributed by atoms with Crippen LogP contribution in [0.1, 0.15) is 100.0 Å². The Balaban J connectivity index is 0. The Hall–Kier alpha value is -3.91. The number of nitrogens with two attached hydrogens (primary N) is 2. The second-order valence-electron chi connectivity index (χ2n) is 14.2. The normalized spacial score (nSPS) is 16.7. The topological polar surface area (TPSA) is 191 Å². The van der Waals surface area contributed by atoms with E-state index in [0.717, 1.165) is 32.1 Å². The van der Waals surface area contributed by atoms with Crippen LogP contribution in [0.4, 0.5) is 4.79 Å². The summed E-state index contributed by atoms with van der Waals surface area (Å²) >= 11 is 0. The predicted molar refractivity (Wildman–Crippen MR) is 213 cm³/mol. The van der Waals surface area contributed by atoms with Crippen molar-refractivity contribution in [3.05, 3.63) is 35.9 Å². The third-order valence-electron chi connectivity index (χ3n) is 8.52. The average Bonchev–Trinajstić information content (AvgIpc) is 3.60. The Morgan fingerprint density at radius 2 is 1.60 bits per heavy atom. The zero-order chi connectivity index (χ0) is 41.1. The molecule has 2 rings (SSSR count). The molecule has 4 amide bonds. The largest absolute Gasteiger partial charge is 0.444 e. The van der Waals surface area contributed by atoms with Crippen molar-refractivity contribution in [2.45, 2.75) is 131 Å². The van der Waals surface area contributed by atoms with E-state index in [1.54, 1.807) is 58.8 Å². The van der Waals surface area contributed by atoms with Crippen molar-refractivity contribution in [1.82, 2.24) is 20.4 Å². The van der Waals surface area contributed by atoms with E-state index < -0.39 is 17.6 Å². The number of benzene rings is 1. The fraction of sp³-hybridized carbons (Fsp3) is 0.718. The summed E-state index contributed by atoms with van der Waals surface area (Å²) < 4.78 is 16.1. The fourth-order valence-corrected chi connectivity index (χ4v) is 5.60. The first kappa shape index (κ1) is 51.2. The number of hydrogen-bond acceptors (Lipinski definition) is 9. The standard InChI is InChI=1S/C17H34N2O4.C12H23N5O3.C7H8.C3H8/c1-9-12(3)15(13(10-2)22-8)19(7)14(20)11-18-16(21)23-17(4,5)6;1-8(12(19)15-6-10(13)16-14)11(20-2)9-4-3-5-17(9)7-18;1-7-5-3-2-4-6-7;1-3-2/h12-13,15H,9-11H2,1-8H3,(H,18,21);7-9,11H,3-6,14H2,1-2H3,(H2,13,16)(H,15,19);2-6H,1H3;3H2,1-2H3. The van der Waals surface area contributed by atoms with Crippen molar-refractivity contribution < 1.29 is 33.4 Å². The lowest BCUT2D eigenvalue weighted by molar-refractivity contribution is -0.135. The number of carbonyl (C=O) groups excluding carboxylic acids is 4. The summed E-state index contributed by atoms with van der Waals surface area (Å²) in [6, 6.07) is 10.2. The summed E-state index contributed by atoms with van der Waals surface area (Å²) in [6.45, 7) is 20.4. The highest BCUT2D eigenvalue weighted by molar-refractivity contribution is 5.88. The van der Waals surface area contributed by atoms with Gasteiger partial charge >= 0.3 is 6.09 Å². The van der Waals surface area contributed by atoms with E-state index in [9.17, 15) is 19.2 Å². The van der Waals surface area contributed by atoms with E-state index >= 15 is 0 Å². The predicted octanol–water partition coefficient (Wildman–Crippen LogP) is 4.83. The summed E-state index contributed by atoms with van der Waals surface area (Å²) in [5, 5.41) is 8.44. The lowest BCUT2D eigenvalue weighted by Gasteiger charge is -2.37. The Labute approximate surface area is 320 Å². The van der Waals surface area contributed by atoms with Crippen molar-refractivity contribution in [2.75, 3.05) is 40.9 Å². The molecule has 6 atom stereocenters. The van der Waals surface area contributed by atoms with Gasteiger partial charge in [0.1, 0.15) is 18.0 Å². The number of nitrogens with one attached hydrogen (secondary N) is 2. The van der Waals surface area contributed by atoms with Crippen LogP contribution in [0.2, 0.25) is 0 Å². The van der Waals surface area contributed by atoms with Crippen LogP contribution in [0.15, 0.2) is 35.4 Å². The Kier molecular flexibility index (Phi) is 27.6. The molecular weight excluding hydrogens is 678 g/mol. The van der Waals surface area contributed by atoms with Gasteiger partial charge in [-0.3, -0.25) is 14.4 Å². The average molecular weight is 752 g/mol. The molecule has 0 bridgehead atoms. The van der Waals surface area contributed by atoms with Gasteiger partial charge in [0.25, 0.3) is 0 Å². The van der Waals surface area contributed by atoms with Gasteiger partial charge in [0.15, 0.2) is 0 Å². The molecule has 0 aromatic heterocycles. The maximum atomic E-state index is 12.4. The summed E-state index contributed by atoms with van der Waals surface area (Å²) in [5.74, 6) is 4.68. The van der Waals surface area contributed by atoms with Gasteiger partial charge in [-0.05, 0) is 52.9 Å². The first-order chi connectivity index (χ1) is 24.9. The molecule has 306 valence electrons. The lowest BCUT2D eigenvalue weighted by atomic mass is 9.91. The second kappa shape index (κ2) is 28.6. The van der Waals surface area contributed by atoms with Gasteiger partial charge in [0, 0.05) is 27.8 Å². The Morgan fingerprint density at radius 3 is 2.02 bits per heavy atom. The van der Waals surface area contributed by atoms with E-state index in [2.05, 4.69) is 62.5 Å². The van der Waals surface area contributed by atoms with Crippen molar-refractivity contribution in [3.63, 3.8) is 0 Å². The number of alkyl carbamates (subject to hydrolysis) is 1. The first-order valence-corrected chi connectivity index (χ1v) is 18.7. The zero-order valence-electron chi connectivity index (χ0n) is 34.9. The number of rotatable bonds is 15. The molecule has 14 nitrogen and oxygen atoms in total. The van der Waals surface area contributed by atoms with Crippen molar-refractivity contribution in [1.29, 1.82) is 0 Å². The highest BCUT2D eigenvalue weighted by atomic mass is 16.6. The number of nitrogens with zero attached hydrogens (tertiary/aromatic N) is 3. The summed E-state index contributed by atoms with van der Waals surface area (Å²) in [4.78, 5) is 50.5. The maximum Gasteiger partial charge on any atom is 0.408 e. The van der Waals surface area contributed by atoms with Crippen molar-refractivity contribution >= 4 is 30.2 Å². The van der Waals surface area contributed by atoms with Gasteiger partial charge in [0.2, 0.25) is 18.2 Å². The number of hydrazone groups is 1. The van der Waals surface area contributed by atoms with Gasteiger partial charge in [-0.1, -0.05) is 90.3 Å². The molecule has 14 heteroatoms. The van der Waals surface area contributed by atoms with Crippen LogP contribution in [0.3, 0.4) is 0 Å². The van der Waals surface area contributed by atoms with Crippen LogP contribution in [-0.2, 0) is 28.6 Å². The van der Waals surface area contributed by atoms with Crippen LogP contribution < -0.4 is 22.2 Å². The number of amidine groups is 1. The van der Waals surface area contributed by atoms with E-state index in [0.29, 0.717) is 12.5 Å². The highest BCUT2D eigenvalue weighted by Crippen LogP contribution is 2.25. The van der Waals surface area contributed by atoms with E-state index in [4.69, 9.17) is 25.8 Å². The number of likely N-dealkylation sites (N-methyl/N-ethyl adjacent to an activating group) is 1. The third-order valence-corrected chi connectivity index (χ3v) is 8.52. The van der Waals surface area contributed by atoms with Gasteiger partial charge in [-0.25, -0.2) is 4.79 Å². The quantitative estimate of drug-likeness (QED) is 0.0640. The monoisotopic (exact) mass is 752 g/mol. The number of hydrogen-bond donors (Lipinski definition) is 4. The fourth-order valence-electron chi connectivity index (χ4n) is 5.60. The molecule has 0 saturated carbocycles. The summed E-state index contributed by atoms with van der Waals surface area (Å²) in [5.41, 5.74) is 6.16. The molecular formula is C39H73N7O7. The summed E-state index contributed by atoms with van der Waals surface area (Å²) in [6.07, 6.45) is 4.63. The maximum absolute atomic E-state index is 12.4. The van der Waals surface area contributed by atoms with E-state index in [-0.39, 0.29) is 55.0 Å². The van der Waals surface area contributed by atoms with Crippen LogP contribution >= 0.6 is 0 Å². The molecule has 1 saturated heterocycles. The highest BCUT2D eigenvalue weighted by Gasteiger charge is 2.37. The van der Waals surface area contributed by atoms with Crippen LogP contribution in [0.25, 0.3) is 0 Å².